The monoisotopic (exact) mass is 238 g/mol. The van der Waals surface area contributed by atoms with E-state index in [4.69, 9.17) is 9.84 Å². The number of rotatable bonds is 5. The highest BCUT2D eigenvalue weighted by atomic mass is 16.6. The highest BCUT2D eigenvalue weighted by Crippen LogP contribution is 2.04. The van der Waals surface area contributed by atoms with Crippen LogP contribution in [0.3, 0.4) is 0 Å². The van der Waals surface area contributed by atoms with E-state index in [1.165, 1.54) is 6.92 Å². The second-order valence-electron chi connectivity index (χ2n) is 3.38. The molecule has 0 spiro atoms. The fraction of sp³-hybridized carbons (Fsp3) is 0.333. The standard InChI is InChI=1S/C12H14O5/c1-9(14)16-8-11(7-13)17-12(15)10-5-3-2-4-6-10/h2-6,11,13H,7-8H2,1H3/t11-/m1/s1. The molecule has 0 aliphatic rings. The summed E-state index contributed by atoms with van der Waals surface area (Å²) in [5.41, 5.74) is 0.383. The van der Waals surface area contributed by atoms with Gasteiger partial charge in [-0.1, -0.05) is 18.2 Å². The van der Waals surface area contributed by atoms with E-state index in [1.54, 1.807) is 30.3 Å². The molecule has 1 atom stereocenters. The molecule has 0 aliphatic heterocycles. The van der Waals surface area contributed by atoms with Gasteiger partial charge in [-0.2, -0.15) is 0 Å². The summed E-state index contributed by atoms with van der Waals surface area (Å²) in [5.74, 6) is -1.05. The van der Waals surface area contributed by atoms with Gasteiger partial charge in [-0.05, 0) is 12.1 Å². The molecule has 0 bridgehead atoms. The first-order valence-corrected chi connectivity index (χ1v) is 5.13. The average molecular weight is 238 g/mol. The molecule has 1 aromatic carbocycles. The maximum atomic E-state index is 11.6. The number of carbonyl (C=O) groups is 2. The van der Waals surface area contributed by atoms with E-state index in [1.807, 2.05) is 0 Å². The lowest BCUT2D eigenvalue weighted by atomic mass is 10.2. The van der Waals surface area contributed by atoms with Crippen molar-refractivity contribution >= 4 is 11.9 Å². The molecule has 0 aliphatic carbocycles. The Morgan fingerprint density at radius 3 is 2.47 bits per heavy atom. The minimum Gasteiger partial charge on any atom is -0.462 e. The maximum absolute atomic E-state index is 11.6. The molecule has 0 heterocycles. The van der Waals surface area contributed by atoms with Gasteiger partial charge in [0.05, 0.1) is 12.2 Å². The molecule has 5 heteroatoms. The van der Waals surface area contributed by atoms with Crippen LogP contribution in [0.2, 0.25) is 0 Å². The summed E-state index contributed by atoms with van der Waals surface area (Å²) in [6, 6.07) is 8.39. The summed E-state index contributed by atoms with van der Waals surface area (Å²) in [4.78, 5) is 22.2. The number of hydrogen-bond acceptors (Lipinski definition) is 5. The number of aliphatic hydroxyl groups is 1. The molecule has 0 unspecified atom stereocenters. The summed E-state index contributed by atoms with van der Waals surface area (Å²) < 4.78 is 9.63. The summed E-state index contributed by atoms with van der Waals surface area (Å²) in [7, 11) is 0. The highest BCUT2D eigenvalue weighted by molar-refractivity contribution is 5.89. The highest BCUT2D eigenvalue weighted by Gasteiger charge is 2.16. The summed E-state index contributed by atoms with van der Waals surface area (Å²) in [6.07, 6.45) is -0.841. The molecule has 0 fully saturated rings. The third-order valence-electron chi connectivity index (χ3n) is 1.96. The molecular weight excluding hydrogens is 224 g/mol. The Labute approximate surface area is 99.0 Å². The number of aliphatic hydroxyl groups excluding tert-OH is 1. The van der Waals surface area contributed by atoms with Crippen LogP contribution >= 0.6 is 0 Å². The van der Waals surface area contributed by atoms with Crippen LogP contribution in [0.25, 0.3) is 0 Å². The Kier molecular flexibility index (Phi) is 5.16. The van der Waals surface area contributed by atoms with Crippen molar-refractivity contribution in [3.05, 3.63) is 35.9 Å². The van der Waals surface area contributed by atoms with Crippen LogP contribution in [0.4, 0.5) is 0 Å². The zero-order valence-corrected chi connectivity index (χ0v) is 9.46. The first kappa shape index (κ1) is 13.2. The predicted molar refractivity (Wildman–Crippen MR) is 59.4 cm³/mol. The van der Waals surface area contributed by atoms with Crippen molar-refractivity contribution in [2.45, 2.75) is 13.0 Å². The van der Waals surface area contributed by atoms with Crippen LogP contribution in [-0.4, -0.2) is 36.4 Å². The Balaban J connectivity index is 2.51. The van der Waals surface area contributed by atoms with E-state index < -0.39 is 24.6 Å². The maximum Gasteiger partial charge on any atom is 0.338 e. The molecule has 5 nitrogen and oxygen atoms in total. The summed E-state index contributed by atoms with van der Waals surface area (Å²) >= 11 is 0. The van der Waals surface area contributed by atoms with Gasteiger partial charge in [0.25, 0.3) is 0 Å². The number of ether oxygens (including phenoxy) is 2. The molecule has 0 radical (unpaired) electrons. The minimum atomic E-state index is -0.841. The van der Waals surface area contributed by atoms with E-state index in [-0.39, 0.29) is 6.61 Å². The van der Waals surface area contributed by atoms with Gasteiger partial charge in [-0.15, -0.1) is 0 Å². The topological polar surface area (TPSA) is 72.8 Å². The zero-order valence-electron chi connectivity index (χ0n) is 9.46. The van der Waals surface area contributed by atoms with Crippen LogP contribution < -0.4 is 0 Å². The molecule has 17 heavy (non-hydrogen) atoms. The number of hydrogen-bond donors (Lipinski definition) is 1. The van der Waals surface area contributed by atoms with Crippen molar-refractivity contribution in [2.24, 2.45) is 0 Å². The van der Waals surface area contributed by atoms with Crippen molar-refractivity contribution < 1.29 is 24.2 Å². The fourth-order valence-electron chi connectivity index (χ4n) is 1.13. The third kappa shape index (κ3) is 4.65. The Morgan fingerprint density at radius 1 is 1.29 bits per heavy atom. The van der Waals surface area contributed by atoms with Gasteiger partial charge in [0.1, 0.15) is 6.61 Å². The van der Waals surface area contributed by atoms with Gasteiger partial charge in [-0.3, -0.25) is 4.79 Å². The number of benzene rings is 1. The van der Waals surface area contributed by atoms with Gasteiger partial charge >= 0.3 is 11.9 Å². The third-order valence-corrected chi connectivity index (χ3v) is 1.96. The van der Waals surface area contributed by atoms with E-state index in [0.29, 0.717) is 5.56 Å². The number of esters is 2. The smallest absolute Gasteiger partial charge is 0.338 e. The lowest BCUT2D eigenvalue weighted by Crippen LogP contribution is -2.28. The van der Waals surface area contributed by atoms with Crippen LogP contribution in [0, 0.1) is 0 Å². The summed E-state index contributed by atoms with van der Waals surface area (Å²) in [6.45, 7) is 0.698. The van der Waals surface area contributed by atoms with Crippen LogP contribution in [-0.2, 0) is 14.3 Å². The molecule has 1 rings (SSSR count). The molecule has 0 aromatic heterocycles. The Bertz CT molecular complexity index is 374. The number of carbonyl (C=O) groups excluding carboxylic acids is 2. The SMILES string of the molecule is CC(=O)OC[C@@H](CO)OC(=O)c1ccccc1. The normalized spacial score (nSPS) is 11.6. The van der Waals surface area contributed by atoms with Gasteiger partial charge in [0.2, 0.25) is 0 Å². The Hall–Kier alpha value is -1.88. The lowest BCUT2D eigenvalue weighted by Gasteiger charge is -2.14. The molecule has 0 amide bonds. The second kappa shape index (κ2) is 6.65. The van der Waals surface area contributed by atoms with Crippen LogP contribution in [0.1, 0.15) is 17.3 Å². The van der Waals surface area contributed by atoms with E-state index >= 15 is 0 Å². The molecule has 92 valence electrons. The van der Waals surface area contributed by atoms with Crippen molar-refractivity contribution in [2.75, 3.05) is 13.2 Å². The van der Waals surface area contributed by atoms with Gasteiger partial charge in [0.15, 0.2) is 6.10 Å². The van der Waals surface area contributed by atoms with Crippen molar-refractivity contribution in [3.63, 3.8) is 0 Å². The Morgan fingerprint density at radius 2 is 1.94 bits per heavy atom. The molecule has 0 saturated heterocycles. The fourth-order valence-corrected chi connectivity index (χ4v) is 1.13. The van der Waals surface area contributed by atoms with Gasteiger partial charge < -0.3 is 14.6 Å². The van der Waals surface area contributed by atoms with E-state index in [9.17, 15) is 9.59 Å². The minimum absolute atomic E-state index is 0.148. The van der Waals surface area contributed by atoms with Crippen molar-refractivity contribution in [1.82, 2.24) is 0 Å². The summed E-state index contributed by atoms with van der Waals surface area (Å²) in [5, 5.41) is 8.97. The molecular formula is C12H14O5. The van der Waals surface area contributed by atoms with E-state index in [2.05, 4.69) is 4.74 Å². The van der Waals surface area contributed by atoms with E-state index in [0.717, 1.165) is 0 Å². The average Bonchev–Trinajstić information content (AvgIpc) is 2.35. The largest absolute Gasteiger partial charge is 0.462 e. The van der Waals surface area contributed by atoms with Gasteiger partial charge in [0, 0.05) is 6.92 Å². The zero-order chi connectivity index (χ0) is 12.7. The van der Waals surface area contributed by atoms with Gasteiger partial charge in [-0.25, -0.2) is 4.79 Å². The lowest BCUT2D eigenvalue weighted by molar-refractivity contribution is -0.144. The molecule has 1 aromatic rings. The molecule has 0 saturated carbocycles. The van der Waals surface area contributed by atoms with Crippen LogP contribution in [0.15, 0.2) is 30.3 Å². The second-order valence-corrected chi connectivity index (χ2v) is 3.38. The van der Waals surface area contributed by atoms with Crippen molar-refractivity contribution in [3.8, 4) is 0 Å². The van der Waals surface area contributed by atoms with Crippen LogP contribution in [0.5, 0.6) is 0 Å². The first-order valence-electron chi connectivity index (χ1n) is 5.13. The first-order chi connectivity index (χ1) is 8.13. The quantitative estimate of drug-likeness (QED) is 0.767. The molecule has 1 N–H and O–H groups in total. The predicted octanol–water partition coefficient (Wildman–Crippen LogP) is 0.767. The van der Waals surface area contributed by atoms with Crippen molar-refractivity contribution in [1.29, 1.82) is 0 Å².